The van der Waals surface area contributed by atoms with Gasteiger partial charge in [-0.25, -0.2) is 4.57 Å². The van der Waals surface area contributed by atoms with Crippen molar-refractivity contribution in [2.45, 2.75) is 251 Å². The maximum atomic E-state index is 12.8. The molecule has 0 aliphatic heterocycles. The summed E-state index contributed by atoms with van der Waals surface area (Å²) in [5.74, 6) is -0.792. The van der Waals surface area contributed by atoms with Crippen molar-refractivity contribution in [2.24, 2.45) is 0 Å². The van der Waals surface area contributed by atoms with E-state index < -0.39 is 26.5 Å². The van der Waals surface area contributed by atoms with Crippen LogP contribution in [0.5, 0.6) is 0 Å². The summed E-state index contributed by atoms with van der Waals surface area (Å²) in [6, 6.07) is 0. The van der Waals surface area contributed by atoms with E-state index >= 15 is 0 Å². The minimum Gasteiger partial charge on any atom is -0.462 e. The van der Waals surface area contributed by atoms with Crippen molar-refractivity contribution >= 4 is 19.8 Å². The number of phosphoric acid groups is 1. The lowest BCUT2D eigenvalue weighted by Gasteiger charge is -2.24. The van der Waals surface area contributed by atoms with Gasteiger partial charge in [0.1, 0.15) is 19.8 Å². The number of carbonyl (C=O) groups excluding carboxylic acids is 2. The number of unbranched alkanes of at least 4 members (excludes halogenated alkanes) is 30. The predicted molar refractivity (Wildman–Crippen MR) is 261 cm³/mol. The van der Waals surface area contributed by atoms with Crippen LogP contribution >= 0.6 is 7.82 Å². The highest BCUT2D eigenvalue weighted by Gasteiger charge is 2.27. The molecule has 2 atom stereocenters. The fourth-order valence-electron chi connectivity index (χ4n) is 7.36. The Morgan fingerprint density at radius 2 is 0.823 bits per heavy atom. The highest BCUT2D eigenvalue weighted by atomic mass is 31.2. The molecule has 0 bridgehead atoms. The average Bonchev–Trinajstić information content (AvgIpc) is 3.23. The SMILES string of the molecule is CCCCCCCC/C=C\CCCCCCCCCCCC(=O)OCC(COP(=O)(O)OCC[N+](C)(C)C)OC(=O)CCCCCCCCCCC/C=C\CCCCCCCC. The summed E-state index contributed by atoms with van der Waals surface area (Å²) in [7, 11) is 1.48. The second-order valence-corrected chi connectivity index (χ2v) is 20.4. The zero-order chi connectivity index (χ0) is 45.7. The van der Waals surface area contributed by atoms with E-state index in [4.69, 9.17) is 18.5 Å². The van der Waals surface area contributed by atoms with Gasteiger partial charge in [0.2, 0.25) is 0 Å². The Morgan fingerprint density at radius 1 is 0.484 bits per heavy atom. The van der Waals surface area contributed by atoms with Crippen molar-refractivity contribution in [1.82, 2.24) is 0 Å². The summed E-state index contributed by atoms with van der Waals surface area (Å²) in [4.78, 5) is 35.6. The zero-order valence-electron chi connectivity index (χ0n) is 41.4. The summed E-state index contributed by atoms with van der Waals surface area (Å²) in [5, 5.41) is 0. The van der Waals surface area contributed by atoms with E-state index in [1.807, 2.05) is 21.1 Å². The van der Waals surface area contributed by atoms with Crippen LogP contribution in [0.15, 0.2) is 24.3 Å². The molecule has 0 heterocycles. The molecule has 62 heavy (non-hydrogen) atoms. The molecule has 2 unspecified atom stereocenters. The Bertz CT molecular complexity index is 1110. The molecule has 0 spiro atoms. The normalized spacial score (nSPS) is 13.6. The lowest BCUT2D eigenvalue weighted by atomic mass is 10.1. The number of nitrogens with zero attached hydrogens (tertiary/aromatic N) is 1. The molecule has 0 aromatic heterocycles. The van der Waals surface area contributed by atoms with E-state index in [0.29, 0.717) is 17.4 Å². The van der Waals surface area contributed by atoms with E-state index in [-0.39, 0.29) is 32.0 Å². The van der Waals surface area contributed by atoms with E-state index in [9.17, 15) is 19.0 Å². The number of rotatable bonds is 48. The first-order chi connectivity index (χ1) is 30.0. The van der Waals surface area contributed by atoms with Gasteiger partial charge in [-0.2, -0.15) is 0 Å². The Morgan fingerprint density at radius 3 is 1.19 bits per heavy atom. The molecular formula is C52H101NO8P+. The van der Waals surface area contributed by atoms with Crippen LogP contribution in [-0.4, -0.2) is 74.9 Å². The first-order valence-electron chi connectivity index (χ1n) is 26.1. The van der Waals surface area contributed by atoms with Crippen LogP contribution in [0.2, 0.25) is 0 Å². The fraction of sp³-hybridized carbons (Fsp3) is 0.885. The Labute approximate surface area is 383 Å². The molecule has 0 amide bonds. The molecule has 0 aromatic carbocycles. The monoisotopic (exact) mass is 899 g/mol. The highest BCUT2D eigenvalue weighted by Crippen LogP contribution is 2.43. The minimum absolute atomic E-state index is 0.0327. The van der Waals surface area contributed by atoms with E-state index in [0.717, 1.165) is 38.5 Å². The van der Waals surface area contributed by atoms with Gasteiger partial charge in [0.25, 0.3) is 0 Å². The second kappa shape index (κ2) is 44.7. The third kappa shape index (κ3) is 48.0. The van der Waals surface area contributed by atoms with Crippen molar-refractivity contribution in [3.8, 4) is 0 Å². The van der Waals surface area contributed by atoms with Crippen LogP contribution in [-0.2, 0) is 32.7 Å². The molecule has 0 aliphatic carbocycles. The maximum Gasteiger partial charge on any atom is 0.472 e. The number of hydrogen-bond donors (Lipinski definition) is 1. The summed E-state index contributed by atoms with van der Waals surface area (Å²) >= 11 is 0. The predicted octanol–water partition coefficient (Wildman–Crippen LogP) is 15.5. The van der Waals surface area contributed by atoms with Gasteiger partial charge in [-0.15, -0.1) is 0 Å². The van der Waals surface area contributed by atoms with Crippen LogP contribution in [0.1, 0.15) is 245 Å². The summed E-state index contributed by atoms with van der Waals surface area (Å²) in [6.07, 6.45) is 50.8. The van der Waals surface area contributed by atoms with E-state index in [1.54, 1.807) is 0 Å². The first kappa shape index (κ1) is 60.5. The van der Waals surface area contributed by atoms with Gasteiger partial charge in [-0.05, 0) is 64.2 Å². The second-order valence-electron chi connectivity index (χ2n) is 18.9. The van der Waals surface area contributed by atoms with Crippen molar-refractivity contribution in [2.75, 3.05) is 47.5 Å². The summed E-state index contributed by atoms with van der Waals surface area (Å²) < 4.78 is 34.5. The number of hydrogen-bond acceptors (Lipinski definition) is 7. The van der Waals surface area contributed by atoms with Crippen LogP contribution in [0.4, 0.5) is 0 Å². The Balaban J connectivity index is 4.23. The molecule has 0 saturated carbocycles. The Hall–Kier alpha value is -1.51. The lowest BCUT2D eigenvalue weighted by molar-refractivity contribution is -0.870. The first-order valence-corrected chi connectivity index (χ1v) is 27.6. The quantitative estimate of drug-likeness (QED) is 0.0211. The molecule has 0 rings (SSSR count). The molecule has 0 saturated heterocycles. The van der Waals surface area contributed by atoms with Gasteiger partial charge < -0.3 is 18.9 Å². The van der Waals surface area contributed by atoms with Gasteiger partial charge in [0.05, 0.1) is 27.7 Å². The molecule has 0 radical (unpaired) electrons. The Kier molecular flexibility index (Phi) is 43.6. The van der Waals surface area contributed by atoms with Crippen molar-refractivity contribution in [3.05, 3.63) is 24.3 Å². The smallest absolute Gasteiger partial charge is 0.462 e. The summed E-state index contributed by atoms with van der Waals surface area (Å²) in [5.41, 5.74) is 0. The third-order valence-electron chi connectivity index (χ3n) is 11.5. The number of ether oxygens (including phenoxy) is 2. The van der Waals surface area contributed by atoms with Gasteiger partial charge >= 0.3 is 19.8 Å². The van der Waals surface area contributed by atoms with Crippen molar-refractivity contribution < 1.29 is 42.1 Å². The number of carbonyl (C=O) groups is 2. The number of likely N-dealkylation sites (N-methyl/N-ethyl adjacent to an activating group) is 1. The largest absolute Gasteiger partial charge is 0.472 e. The van der Waals surface area contributed by atoms with Gasteiger partial charge in [-0.1, -0.05) is 192 Å². The van der Waals surface area contributed by atoms with Gasteiger partial charge in [0, 0.05) is 12.8 Å². The van der Waals surface area contributed by atoms with E-state index in [1.165, 1.54) is 173 Å². The third-order valence-corrected chi connectivity index (χ3v) is 12.4. The highest BCUT2D eigenvalue weighted by molar-refractivity contribution is 7.47. The molecule has 366 valence electrons. The minimum atomic E-state index is -4.38. The van der Waals surface area contributed by atoms with E-state index in [2.05, 4.69) is 38.2 Å². The molecule has 1 N–H and O–H groups in total. The number of esters is 2. The number of allylic oxidation sites excluding steroid dienone is 4. The van der Waals surface area contributed by atoms with Gasteiger partial charge in [0.15, 0.2) is 6.10 Å². The van der Waals surface area contributed by atoms with Crippen LogP contribution in [0, 0.1) is 0 Å². The summed E-state index contributed by atoms with van der Waals surface area (Å²) in [6.45, 7) is 4.45. The van der Waals surface area contributed by atoms with Crippen molar-refractivity contribution in [3.63, 3.8) is 0 Å². The van der Waals surface area contributed by atoms with Gasteiger partial charge in [-0.3, -0.25) is 18.6 Å². The molecule has 0 aromatic rings. The molecule has 10 heteroatoms. The topological polar surface area (TPSA) is 108 Å². The molecule has 0 fully saturated rings. The standard InChI is InChI=1S/C52H100NO8P/c1-6-8-10-12-14-16-18-20-22-24-26-28-30-32-34-36-38-40-42-44-51(54)58-48-50(49-60-62(56,57)59-47-46-53(3,4)5)61-52(55)45-43-41-39-37-35-33-31-29-27-25-23-21-19-17-15-13-11-9-7-2/h20-23,50H,6-19,24-49H2,1-5H3/p+1/b22-20-,23-21-. The van der Waals surface area contributed by atoms with Crippen LogP contribution in [0.25, 0.3) is 0 Å². The van der Waals surface area contributed by atoms with Crippen LogP contribution in [0.3, 0.4) is 0 Å². The molecule has 0 aliphatic rings. The zero-order valence-corrected chi connectivity index (χ0v) is 42.3. The number of phosphoric ester groups is 1. The maximum absolute atomic E-state index is 12.8. The lowest BCUT2D eigenvalue weighted by Crippen LogP contribution is -2.37. The fourth-order valence-corrected chi connectivity index (χ4v) is 8.10. The number of quaternary nitrogens is 1. The van der Waals surface area contributed by atoms with Crippen LogP contribution < -0.4 is 0 Å². The molecular weight excluding hydrogens is 798 g/mol. The molecule has 9 nitrogen and oxygen atoms in total. The average molecular weight is 899 g/mol. The van der Waals surface area contributed by atoms with Crippen molar-refractivity contribution in [1.29, 1.82) is 0 Å².